The van der Waals surface area contributed by atoms with Crippen LogP contribution in [0.1, 0.15) is 15.9 Å². The van der Waals surface area contributed by atoms with Crippen LogP contribution in [0, 0.1) is 0 Å². The third-order valence-corrected chi connectivity index (χ3v) is 4.20. The van der Waals surface area contributed by atoms with Gasteiger partial charge in [0.05, 0.1) is 25.4 Å². The van der Waals surface area contributed by atoms with Gasteiger partial charge in [-0.2, -0.15) is 0 Å². The van der Waals surface area contributed by atoms with Crippen LogP contribution in [0.3, 0.4) is 0 Å². The minimum atomic E-state index is -0.344. The van der Waals surface area contributed by atoms with Crippen molar-refractivity contribution in [2.75, 3.05) is 7.11 Å². The average molecular weight is 344 g/mol. The Kier molecular flexibility index (Phi) is 4.15. The van der Waals surface area contributed by atoms with E-state index in [-0.39, 0.29) is 5.97 Å². The number of aromatic nitrogens is 4. The lowest BCUT2D eigenvalue weighted by Gasteiger charge is -2.03. The van der Waals surface area contributed by atoms with Crippen molar-refractivity contribution in [3.05, 3.63) is 78.2 Å². The minimum absolute atomic E-state index is 0.344. The van der Waals surface area contributed by atoms with Crippen LogP contribution in [0.2, 0.25) is 0 Å². The van der Waals surface area contributed by atoms with Crippen molar-refractivity contribution in [2.45, 2.75) is 6.54 Å². The number of pyridine rings is 1. The molecule has 0 saturated heterocycles. The van der Waals surface area contributed by atoms with Gasteiger partial charge in [0.25, 0.3) is 0 Å². The van der Waals surface area contributed by atoms with E-state index in [2.05, 4.69) is 21.4 Å². The van der Waals surface area contributed by atoms with Crippen LogP contribution in [0.4, 0.5) is 0 Å². The van der Waals surface area contributed by atoms with Gasteiger partial charge in [-0.3, -0.25) is 4.98 Å². The van der Waals surface area contributed by atoms with E-state index in [1.807, 2.05) is 48.9 Å². The number of rotatable bonds is 4. The van der Waals surface area contributed by atoms with Gasteiger partial charge in [0.1, 0.15) is 5.69 Å². The van der Waals surface area contributed by atoms with E-state index in [0.29, 0.717) is 12.1 Å². The van der Waals surface area contributed by atoms with Crippen LogP contribution >= 0.6 is 0 Å². The molecule has 6 nitrogen and oxygen atoms in total. The summed E-state index contributed by atoms with van der Waals surface area (Å²) >= 11 is 0. The van der Waals surface area contributed by atoms with Crippen molar-refractivity contribution in [2.24, 2.45) is 0 Å². The zero-order valence-electron chi connectivity index (χ0n) is 14.2. The molecule has 0 radical (unpaired) electrons. The Hall–Kier alpha value is -3.54. The zero-order chi connectivity index (χ0) is 17.9. The monoisotopic (exact) mass is 344 g/mol. The number of ether oxygens (including phenoxy) is 1. The van der Waals surface area contributed by atoms with E-state index >= 15 is 0 Å². The van der Waals surface area contributed by atoms with Crippen molar-refractivity contribution in [3.8, 4) is 11.3 Å². The van der Waals surface area contributed by atoms with E-state index < -0.39 is 0 Å². The summed E-state index contributed by atoms with van der Waals surface area (Å²) in [6, 6.07) is 15.3. The Morgan fingerprint density at radius 3 is 2.69 bits per heavy atom. The molecule has 0 atom stereocenters. The molecule has 0 aliphatic heterocycles. The predicted molar refractivity (Wildman–Crippen MR) is 97.6 cm³/mol. The Balaban J connectivity index is 1.59. The second kappa shape index (κ2) is 6.76. The molecular formula is C20H16N4O2. The molecule has 0 fully saturated rings. The van der Waals surface area contributed by atoms with Gasteiger partial charge in [-0.15, -0.1) is 5.10 Å². The maximum Gasteiger partial charge on any atom is 0.337 e. The number of methoxy groups -OCH3 is 1. The van der Waals surface area contributed by atoms with Gasteiger partial charge in [-0.1, -0.05) is 41.6 Å². The topological polar surface area (TPSA) is 69.9 Å². The summed E-state index contributed by atoms with van der Waals surface area (Å²) in [7, 11) is 1.37. The standard InChI is InChI=1S/C20H16N4O2/c1-26-20(25)15-8-6-14(7-9-15)12-24-13-19(22-23-24)18-11-21-10-16-4-2-3-5-17(16)18/h2-11,13H,12H2,1H3. The molecule has 2 aromatic heterocycles. The van der Waals surface area contributed by atoms with Crippen LogP contribution in [-0.4, -0.2) is 33.1 Å². The van der Waals surface area contributed by atoms with Crippen molar-refractivity contribution < 1.29 is 9.53 Å². The highest BCUT2D eigenvalue weighted by Crippen LogP contribution is 2.25. The van der Waals surface area contributed by atoms with E-state index in [9.17, 15) is 4.79 Å². The molecule has 0 aliphatic carbocycles. The van der Waals surface area contributed by atoms with E-state index in [1.54, 1.807) is 16.8 Å². The van der Waals surface area contributed by atoms with Gasteiger partial charge in [-0.25, -0.2) is 9.48 Å². The fraction of sp³-hybridized carbons (Fsp3) is 0.100. The molecule has 4 aromatic rings. The van der Waals surface area contributed by atoms with Crippen molar-refractivity contribution >= 4 is 16.7 Å². The third-order valence-electron chi connectivity index (χ3n) is 4.20. The summed E-state index contributed by atoms with van der Waals surface area (Å²) in [6.07, 6.45) is 5.55. The molecule has 26 heavy (non-hydrogen) atoms. The number of carbonyl (C=O) groups excluding carboxylic acids is 1. The first-order chi connectivity index (χ1) is 12.7. The molecule has 128 valence electrons. The molecule has 0 unspecified atom stereocenters. The van der Waals surface area contributed by atoms with Gasteiger partial charge in [0, 0.05) is 23.3 Å². The summed E-state index contributed by atoms with van der Waals surface area (Å²) in [4.78, 5) is 15.8. The maximum atomic E-state index is 11.5. The highest BCUT2D eigenvalue weighted by atomic mass is 16.5. The molecule has 4 rings (SSSR count). The number of benzene rings is 2. The Labute approximate surface area is 150 Å². The third kappa shape index (κ3) is 3.04. The molecule has 0 saturated carbocycles. The number of esters is 1. The summed E-state index contributed by atoms with van der Waals surface area (Å²) in [5.74, 6) is -0.344. The zero-order valence-corrected chi connectivity index (χ0v) is 14.2. The highest BCUT2D eigenvalue weighted by molar-refractivity contribution is 5.94. The first-order valence-electron chi connectivity index (χ1n) is 8.15. The predicted octanol–water partition coefficient (Wildman–Crippen LogP) is 3.33. The Bertz CT molecular complexity index is 1070. The van der Waals surface area contributed by atoms with Gasteiger partial charge in [0.15, 0.2) is 0 Å². The minimum Gasteiger partial charge on any atom is -0.465 e. The van der Waals surface area contributed by atoms with Crippen LogP contribution < -0.4 is 0 Å². The fourth-order valence-corrected chi connectivity index (χ4v) is 2.87. The van der Waals surface area contributed by atoms with Crippen molar-refractivity contribution in [1.82, 2.24) is 20.0 Å². The first-order valence-corrected chi connectivity index (χ1v) is 8.15. The molecule has 0 amide bonds. The van der Waals surface area contributed by atoms with Gasteiger partial charge < -0.3 is 4.74 Å². The summed E-state index contributed by atoms with van der Waals surface area (Å²) in [6.45, 7) is 0.562. The number of nitrogens with zero attached hydrogens (tertiary/aromatic N) is 4. The maximum absolute atomic E-state index is 11.5. The van der Waals surface area contributed by atoms with Crippen LogP contribution in [0.15, 0.2) is 67.1 Å². The van der Waals surface area contributed by atoms with E-state index in [4.69, 9.17) is 4.74 Å². The van der Waals surface area contributed by atoms with E-state index in [1.165, 1.54) is 7.11 Å². The summed E-state index contributed by atoms with van der Waals surface area (Å²) < 4.78 is 6.48. The SMILES string of the molecule is COC(=O)c1ccc(Cn2cc(-c3cncc4ccccc34)nn2)cc1. The van der Waals surface area contributed by atoms with Crippen LogP contribution in [0.5, 0.6) is 0 Å². The number of hydrogen-bond donors (Lipinski definition) is 0. The quantitative estimate of drug-likeness (QED) is 0.531. The molecule has 0 aliphatic rings. The smallest absolute Gasteiger partial charge is 0.337 e. The molecule has 0 N–H and O–H groups in total. The highest BCUT2D eigenvalue weighted by Gasteiger charge is 2.09. The Morgan fingerprint density at radius 1 is 1.08 bits per heavy atom. The molecule has 6 heteroatoms. The lowest BCUT2D eigenvalue weighted by atomic mass is 10.1. The molecule has 0 bridgehead atoms. The van der Waals surface area contributed by atoms with Crippen molar-refractivity contribution in [3.63, 3.8) is 0 Å². The molecule has 0 spiro atoms. The fourth-order valence-electron chi connectivity index (χ4n) is 2.87. The number of carbonyl (C=O) groups is 1. The van der Waals surface area contributed by atoms with Gasteiger partial charge in [0.2, 0.25) is 0 Å². The summed E-state index contributed by atoms with van der Waals surface area (Å²) in [5, 5.41) is 10.7. The average Bonchev–Trinajstić information content (AvgIpc) is 3.15. The van der Waals surface area contributed by atoms with Gasteiger partial charge >= 0.3 is 5.97 Å². The van der Waals surface area contributed by atoms with Crippen LogP contribution in [0.25, 0.3) is 22.0 Å². The van der Waals surface area contributed by atoms with E-state index in [0.717, 1.165) is 27.6 Å². The largest absolute Gasteiger partial charge is 0.465 e. The lowest BCUT2D eigenvalue weighted by molar-refractivity contribution is 0.0600. The van der Waals surface area contributed by atoms with Crippen LogP contribution in [-0.2, 0) is 11.3 Å². The number of fused-ring (bicyclic) bond motifs is 1. The molecule has 2 heterocycles. The lowest BCUT2D eigenvalue weighted by Crippen LogP contribution is -2.03. The summed E-state index contributed by atoms with van der Waals surface area (Å²) in [5.41, 5.74) is 3.28. The van der Waals surface area contributed by atoms with Crippen molar-refractivity contribution in [1.29, 1.82) is 0 Å². The normalized spacial score (nSPS) is 10.8. The molecular weight excluding hydrogens is 328 g/mol. The first kappa shape index (κ1) is 16.0. The molecule has 2 aromatic carbocycles. The number of hydrogen-bond acceptors (Lipinski definition) is 5. The second-order valence-corrected chi connectivity index (χ2v) is 5.90. The van der Waals surface area contributed by atoms with Gasteiger partial charge in [-0.05, 0) is 23.1 Å². The second-order valence-electron chi connectivity index (χ2n) is 5.90. The Morgan fingerprint density at radius 2 is 1.88 bits per heavy atom.